The Morgan fingerprint density at radius 2 is 1.78 bits per heavy atom. The van der Waals surface area contributed by atoms with E-state index in [1.807, 2.05) is 6.08 Å². The van der Waals surface area contributed by atoms with Gasteiger partial charge in [-0.15, -0.1) is 6.58 Å². The summed E-state index contributed by atoms with van der Waals surface area (Å²) in [5, 5.41) is 3.43. The van der Waals surface area contributed by atoms with Gasteiger partial charge in [0.25, 0.3) is 0 Å². The van der Waals surface area contributed by atoms with Crippen molar-refractivity contribution in [1.82, 2.24) is 5.32 Å². The van der Waals surface area contributed by atoms with E-state index in [9.17, 15) is 0 Å². The Bertz CT molecular complexity index is 186. The Kier molecular flexibility index (Phi) is 10.2. The molecule has 0 aromatic rings. The molecule has 1 unspecified atom stereocenters. The van der Waals surface area contributed by atoms with Gasteiger partial charge in [0.1, 0.15) is 0 Å². The molecule has 1 aliphatic rings. The fraction of sp³-hybridized carbons (Fsp3) is 0.875. The van der Waals surface area contributed by atoms with Gasteiger partial charge in [0.2, 0.25) is 0 Å². The predicted molar refractivity (Wildman–Crippen MR) is 79.0 cm³/mol. The van der Waals surface area contributed by atoms with Gasteiger partial charge in [-0.1, -0.05) is 31.8 Å². The Labute approximate surface area is 113 Å². The maximum absolute atomic E-state index is 5.95. The van der Waals surface area contributed by atoms with Crippen molar-refractivity contribution < 1.29 is 4.74 Å². The molecule has 1 atom stereocenters. The molecule has 2 nitrogen and oxygen atoms in total. The fourth-order valence-electron chi connectivity index (χ4n) is 2.50. The summed E-state index contributed by atoms with van der Waals surface area (Å²) < 4.78 is 5.95. The molecule has 1 saturated heterocycles. The minimum atomic E-state index is 0.521. The second-order valence-electron chi connectivity index (χ2n) is 5.37. The number of ether oxygens (including phenoxy) is 1. The third kappa shape index (κ3) is 8.71. The van der Waals surface area contributed by atoms with E-state index < -0.39 is 0 Å². The number of hydrogen-bond donors (Lipinski definition) is 1. The molecule has 106 valence electrons. The Morgan fingerprint density at radius 3 is 2.61 bits per heavy atom. The molecule has 18 heavy (non-hydrogen) atoms. The van der Waals surface area contributed by atoms with Crippen molar-refractivity contribution >= 4 is 0 Å². The number of nitrogens with one attached hydrogen (secondary N) is 1. The highest BCUT2D eigenvalue weighted by atomic mass is 16.5. The quantitative estimate of drug-likeness (QED) is 0.468. The molecule has 0 amide bonds. The average Bonchev–Trinajstić information content (AvgIpc) is 2.65. The summed E-state index contributed by atoms with van der Waals surface area (Å²) in [7, 11) is 0. The zero-order valence-corrected chi connectivity index (χ0v) is 12.0. The lowest BCUT2D eigenvalue weighted by Crippen LogP contribution is -2.17. The SMILES string of the molecule is C=CCCCCCCCCOC1CCCNCC1. The lowest BCUT2D eigenvalue weighted by atomic mass is 10.1. The molecule has 0 aromatic heterocycles. The van der Waals surface area contributed by atoms with Crippen LogP contribution >= 0.6 is 0 Å². The standard InChI is InChI=1S/C16H31NO/c1-2-3-4-5-6-7-8-9-15-18-16-11-10-13-17-14-12-16/h2,16-17H,1,3-15H2. The number of rotatable bonds is 10. The second-order valence-corrected chi connectivity index (χ2v) is 5.37. The molecular weight excluding hydrogens is 222 g/mol. The van der Waals surface area contributed by atoms with Crippen molar-refractivity contribution in [2.24, 2.45) is 0 Å². The van der Waals surface area contributed by atoms with Crippen LogP contribution < -0.4 is 5.32 Å². The van der Waals surface area contributed by atoms with E-state index in [1.54, 1.807) is 0 Å². The van der Waals surface area contributed by atoms with Gasteiger partial charge >= 0.3 is 0 Å². The number of hydrogen-bond acceptors (Lipinski definition) is 2. The molecule has 1 aliphatic heterocycles. The fourth-order valence-corrected chi connectivity index (χ4v) is 2.50. The van der Waals surface area contributed by atoms with E-state index in [0.717, 1.165) is 13.2 Å². The lowest BCUT2D eigenvalue weighted by molar-refractivity contribution is 0.0429. The summed E-state index contributed by atoms with van der Waals surface area (Å²) in [6.07, 6.45) is 15.4. The van der Waals surface area contributed by atoms with Crippen LogP contribution in [0.25, 0.3) is 0 Å². The monoisotopic (exact) mass is 253 g/mol. The molecule has 0 aromatic carbocycles. The van der Waals surface area contributed by atoms with Crippen molar-refractivity contribution in [2.75, 3.05) is 19.7 Å². The maximum Gasteiger partial charge on any atom is 0.0587 e. The predicted octanol–water partition coefficient (Wildman–Crippen LogP) is 4.06. The maximum atomic E-state index is 5.95. The van der Waals surface area contributed by atoms with Gasteiger partial charge in [0, 0.05) is 6.61 Å². The van der Waals surface area contributed by atoms with Crippen LogP contribution in [-0.4, -0.2) is 25.8 Å². The smallest absolute Gasteiger partial charge is 0.0587 e. The minimum Gasteiger partial charge on any atom is -0.378 e. The zero-order valence-electron chi connectivity index (χ0n) is 12.0. The molecule has 0 aliphatic carbocycles. The summed E-state index contributed by atoms with van der Waals surface area (Å²) in [4.78, 5) is 0. The van der Waals surface area contributed by atoms with Gasteiger partial charge in [-0.25, -0.2) is 0 Å². The molecule has 0 saturated carbocycles. The van der Waals surface area contributed by atoms with Crippen LogP contribution in [0.4, 0.5) is 0 Å². The van der Waals surface area contributed by atoms with E-state index in [1.165, 1.54) is 70.8 Å². The van der Waals surface area contributed by atoms with Crippen LogP contribution in [0.3, 0.4) is 0 Å². The van der Waals surface area contributed by atoms with Gasteiger partial charge in [0.15, 0.2) is 0 Å². The Balaban J connectivity index is 1.81. The summed E-state index contributed by atoms with van der Waals surface area (Å²) in [5.74, 6) is 0. The third-order valence-electron chi connectivity index (χ3n) is 3.68. The largest absolute Gasteiger partial charge is 0.378 e. The van der Waals surface area contributed by atoms with Crippen LogP contribution in [-0.2, 0) is 4.74 Å². The van der Waals surface area contributed by atoms with Gasteiger partial charge < -0.3 is 10.1 Å². The second kappa shape index (κ2) is 11.7. The van der Waals surface area contributed by atoms with Crippen LogP contribution in [0.5, 0.6) is 0 Å². The first-order valence-corrected chi connectivity index (χ1v) is 7.86. The van der Waals surface area contributed by atoms with E-state index in [4.69, 9.17) is 4.74 Å². The van der Waals surface area contributed by atoms with E-state index in [2.05, 4.69) is 11.9 Å². The Morgan fingerprint density at radius 1 is 1.00 bits per heavy atom. The minimum absolute atomic E-state index is 0.521. The molecule has 1 rings (SSSR count). The van der Waals surface area contributed by atoms with Gasteiger partial charge in [-0.2, -0.15) is 0 Å². The molecular formula is C16H31NO. The van der Waals surface area contributed by atoms with Crippen molar-refractivity contribution in [2.45, 2.75) is 70.3 Å². The third-order valence-corrected chi connectivity index (χ3v) is 3.68. The topological polar surface area (TPSA) is 21.3 Å². The highest BCUT2D eigenvalue weighted by molar-refractivity contribution is 4.66. The van der Waals surface area contributed by atoms with E-state index >= 15 is 0 Å². The molecule has 0 radical (unpaired) electrons. The van der Waals surface area contributed by atoms with Gasteiger partial charge in [0.05, 0.1) is 6.10 Å². The lowest BCUT2D eigenvalue weighted by Gasteiger charge is -2.14. The van der Waals surface area contributed by atoms with E-state index in [0.29, 0.717) is 6.10 Å². The molecule has 1 heterocycles. The number of unbranched alkanes of at least 4 members (excludes halogenated alkanes) is 6. The van der Waals surface area contributed by atoms with Gasteiger partial charge in [-0.3, -0.25) is 0 Å². The summed E-state index contributed by atoms with van der Waals surface area (Å²) in [6, 6.07) is 0. The highest BCUT2D eigenvalue weighted by Gasteiger charge is 2.11. The zero-order chi connectivity index (χ0) is 12.9. The van der Waals surface area contributed by atoms with Crippen molar-refractivity contribution in [3.05, 3.63) is 12.7 Å². The summed E-state index contributed by atoms with van der Waals surface area (Å²) in [6.45, 7) is 7.02. The first-order valence-electron chi connectivity index (χ1n) is 7.86. The van der Waals surface area contributed by atoms with Crippen molar-refractivity contribution in [3.63, 3.8) is 0 Å². The molecule has 0 spiro atoms. The summed E-state index contributed by atoms with van der Waals surface area (Å²) >= 11 is 0. The Hall–Kier alpha value is -0.340. The normalized spacial score (nSPS) is 20.6. The molecule has 0 bridgehead atoms. The van der Waals surface area contributed by atoms with E-state index in [-0.39, 0.29) is 0 Å². The first-order chi connectivity index (χ1) is 8.93. The van der Waals surface area contributed by atoms with Gasteiger partial charge in [-0.05, 0) is 51.6 Å². The van der Waals surface area contributed by atoms with Crippen LogP contribution in [0, 0.1) is 0 Å². The molecule has 1 N–H and O–H groups in total. The van der Waals surface area contributed by atoms with Crippen LogP contribution in [0.2, 0.25) is 0 Å². The summed E-state index contributed by atoms with van der Waals surface area (Å²) in [5.41, 5.74) is 0. The highest BCUT2D eigenvalue weighted by Crippen LogP contribution is 2.11. The van der Waals surface area contributed by atoms with Crippen LogP contribution in [0.15, 0.2) is 12.7 Å². The molecule has 2 heteroatoms. The first kappa shape index (κ1) is 15.7. The van der Waals surface area contributed by atoms with Crippen molar-refractivity contribution in [1.29, 1.82) is 0 Å². The van der Waals surface area contributed by atoms with Crippen molar-refractivity contribution in [3.8, 4) is 0 Å². The average molecular weight is 253 g/mol. The molecule has 1 fully saturated rings. The van der Waals surface area contributed by atoms with Crippen LogP contribution in [0.1, 0.15) is 64.2 Å². The number of allylic oxidation sites excluding steroid dienone is 1.